The Hall–Kier alpha value is -3.63. The number of alkyl halides is 1. The van der Waals surface area contributed by atoms with Crippen LogP contribution in [0.1, 0.15) is 44.6 Å². The van der Waals surface area contributed by atoms with Crippen LogP contribution in [-0.4, -0.2) is 81.6 Å². The fourth-order valence-corrected chi connectivity index (χ4v) is 7.91. The Morgan fingerprint density at radius 3 is 2.76 bits per heavy atom. The molecule has 0 spiro atoms. The summed E-state index contributed by atoms with van der Waals surface area (Å²) in [6.07, 6.45) is 5.46. The lowest BCUT2D eigenvalue weighted by molar-refractivity contribution is 0.107. The lowest BCUT2D eigenvalue weighted by atomic mass is 9.92. The second-order valence-corrected chi connectivity index (χ2v) is 12.7. The highest BCUT2D eigenvalue weighted by atomic mass is 19.1. The van der Waals surface area contributed by atoms with Crippen LogP contribution in [0.3, 0.4) is 0 Å². The van der Waals surface area contributed by atoms with Crippen LogP contribution in [0.15, 0.2) is 37.0 Å². The SMILES string of the molecule is C=C(C)c1ccc2[nH]ncc2c1-c1ccc2c(N3C[C@H]4CC[C@@H](C3)N4)nc(OC[C@@]34CCCN3C[C@H](F)C4)nc2c1F. The molecule has 4 aliphatic heterocycles. The Labute approximate surface area is 243 Å². The zero-order valence-electron chi connectivity index (χ0n) is 23.8. The highest BCUT2D eigenvalue weighted by Gasteiger charge is 2.49. The number of hydrogen-bond donors (Lipinski definition) is 2. The third-order valence-electron chi connectivity index (χ3n) is 9.87. The molecule has 10 heteroatoms. The van der Waals surface area contributed by atoms with Gasteiger partial charge in [-0.3, -0.25) is 10.00 Å². The molecule has 2 bridgehead atoms. The molecule has 0 amide bonds. The van der Waals surface area contributed by atoms with Crippen molar-refractivity contribution in [3.8, 4) is 17.1 Å². The number of aromatic nitrogens is 4. The van der Waals surface area contributed by atoms with Crippen LogP contribution in [0.25, 0.3) is 38.5 Å². The second kappa shape index (κ2) is 9.70. The summed E-state index contributed by atoms with van der Waals surface area (Å²) >= 11 is 0. The van der Waals surface area contributed by atoms with Gasteiger partial charge in [-0.15, -0.1) is 0 Å². The zero-order valence-corrected chi connectivity index (χ0v) is 23.8. The van der Waals surface area contributed by atoms with Crippen LogP contribution in [0, 0.1) is 5.82 Å². The minimum absolute atomic E-state index is 0.143. The topological polar surface area (TPSA) is 82.2 Å². The van der Waals surface area contributed by atoms with Gasteiger partial charge in [-0.05, 0) is 56.8 Å². The van der Waals surface area contributed by atoms with Crippen molar-refractivity contribution in [3.05, 3.63) is 48.4 Å². The number of nitrogens with zero attached hydrogens (tertiary/aromatic N) is 5. The van der Waals surface area contributed by atoms with Crippen molar-refractivity contribution >= 4 is 33.2 Å². The normalized spacial score (nSPS) is 27.3. The quantitative estimate of drug-likeness (QED) is 0.328. The third kappa shape index (κ3) is 4.10. The van der Waals surface area contributed by atoms with Crippen molar-refractivity contribution < 1.29 is 13.5 Å². The highest BCUT2D eigenvalue weighted by Crippen LogP contribution is 2.42. The number of anilines is 1. The van der Waals surface area contributed by atoms with E-state index in [1.807, 2.05) is 31.2 Å². The van der Waals surface area contributed by atoms with E-state index >= 15 is 4.39 Å². The molecule has 4 saturated heterocycles. The maximum Gasteiger partial charge on any atom is 0.319 e. The molecule has 0 unspecified atom stereocenters. The Morgan fingerprint density at radius 1 is 1.12 bits per heavy atom. The number of fused-ring (bicyclic) bond motifs is 5. The molecule has 0 aliphatic carbocycles. The molecule has 218 valence electrons. The third-order valence-corrected chi connectivity index (χ3v) is 9.87. The summed E-state index contributed by atoms with van der Waals surface area (Å²) in [5.41, 5.74) is 3.55. The van der Waals surface area contributed by atoms with Crippen molar-refractivity contribution in [2.75, 3.05) is 37.7 Å². The summed E-state index contributed by atoms with van der Waals surface area (Å²) in [5.74, 6) is 0.261. The number of halogens is 2. The molecule has 2 N–H and O–H groups in total. The first-order valence-electron chi connectivity index (χ1n) is 15.0. The van der Waals surface area contributed by atoms with Crippen LogP contribution in [0.2, 0.25) is 0 Å². The van der Waals surface area contributed by atoms with Gasteiger partial charge in [0.2, 0.25) is 0 Å². The van der Waals surface area contributed by atoms with Gasteiger partial charge in [0.25, 0.3) is 0 Å². The van der Waals surface area contributed by atoms with Crippen molar-refractivity contribution in [1.29, 1.82) is 0 Å². The van der Waals surface area contributed by atoms with Crippen LogP contribution < -0.4 is 15.0 Å². The summed E-state index contributed by atoms with van der Waals surface area (Å²) in [4.78, 5) is 14.0. The van der Waals surface area contributed by atoms with Gasteiger partial charge >= 0.3 is 6.01 Å². The Balaban J connectivity index is 1.26. The summed E-state index contributed by atoms with van der Waals surface area (Å²) in [6, 6.07) is 8.55. The van der Waals surface area contributed by atoms with Crippen LogP contribution in [0.5, 0.6) is 6.01 Å². The van der Waals surface area contributed by atoms with Gasteiger partial charge in [-0.1, -0.05) is 24.3 Å². The fraction of sp³-hybridized carbons (Fsp3) is 0.469. The molecule has 4 aliphatic rings. The lowest BCUT2D eigenvalue weighted by Gasteiger charge is -2.34. The van der Waals surface area contributed by atoms with E-state index in [4.69, 9.17) is 14.7 Å². The van der Waals surface area contributed by atoms with Gasteiger partial charge in [-0.25, -0.2) is 8.78 Å². The summed E-state index contributed by atoms with van der Waals surface area (Å²) in [6.45, 7) is 9.27. The standard InChI is InChI=1S/C32H35F2N7O/c1-18(2)22-8-9-26-25(13-35-39-26)27(22)23-6-7-24-29(28(23)34)37-31(38-30(24)40-15-20-4-5-21(16-40)36-20)42-17-32-10-3-11-41(32)14-19(33)12-32/h6-9,13,19-21,36H,1,3-5,10-12,14-17H2,2H3,(H,35,39)/t19-,20-,21+,32+/m1/s1. The van der Waals surface area contributed by atoms with Crippen LogP contribution in [0.4, 0.5) is 14.6 Å². The van der Waals surface area contributed by atoms with Gasteiger partial charge in [0, 0.05) is 60.0 Å². The van der Waals surface area contributed by atoms with Crippen molar-refractivity contribution in [1.82, 2.24) is 30.4 Å². The molecular formula is C32H35F2N7O. The zero-order chi connectivity index (χ0) is 28.6. The molecule has 8 rings (SSSR count). The van der Waals surface area contributed by atoms with Gasteiger partial charge in [0.15, 0.2) is 5.82 Å². The lowest BCUT2D eigenvalue weighted by Crippen LogP contribution is -2.51. The molecule has 6 heterocycles. The van der Waals surface area contributed by atoms with E-state index < -0.39 is 12.0 Å². The monoisotopic (exact) mass is 571 g/mol. The van der Waals surface area contributed by atoms with E-state index in [-0.39, 0.29) is 17.1 Å². The van der Waals surface area contributed by atoms with E-state index in [0.29, 0.717) is 48.4 Å². The molecule has 0 saturated carbocycles. The summed E-state index contributed by atoms with van der Waals surface area (Å²) in [5, 5.41) is 12.4. The molecular weight excluding hydrogens is 536 g/mol. The number of nitrogens with one attached hydrogen (secondary N) is 2. The number of H-pyrrole nitrogens is 1. The average Bonchev–Trinajstić information content (AvgIpc) is 3.75. The second-order valence-electron chi connectivity index (χ2n) is 12.7. The predicted molar refractivity (Wildman–Crippen MR) is 160 cm³/mol. The van der Waals surface area contributed by atoms with Crippen molar-refractivity contribution in [3.63, 3.8) is 0 Å². The number of aromatic amines is 1. The first-order valence-corrected chi connectivity index (χ1v) is 15.0. The molecule has 4 atom stereocenters. The average molecular weight is 572 g/mol. The molecule has 0 radical (unpaired) electrons. The molecule has 2 aromatic carbocycles. The van der Waals surface area contributed by atoms with Gasteiger partial charge in [0.1, 0.15) is 24.1 Å². The first kappa shape index (κ1) is 26.0. The summed E-state index contributed by atoms with van der Waals surface area (Å²) < 4.78 is 37.6. The van der Waals surface area contributed by atoms with E-state index in [0.717, 1.165) is 72.9 Å². The van der Waals surface area contributed by atoms with Crippen LogP contribution >= 0.6 is 0 Å². The smallest absolute Gasteiger partial charge is 0.319 e. The van der Waals surface area contributed by atoms with Crippen molar-refractivity contribution in [2.24, 2.45) is 0 Å². The minimum atomic E-state index is -0.855. The maximum absolute atomic E-state index is 16.8. The van der Waals surface area contributed by atoms with Crippen molar-refractivity contribution in [2.45, 2.75) is 62.8 Å². The number of benzene rings is 2. The molecule has 2 aromatic heterocycles. The number of allylic oxidation sites excluding steroid dienone is 1. The Bertz CT molecular complexity index is 1710. The van der Waals surface area contributed by atoms with E-state index in [2.05, 4.69) is 31.9 Å². The van der Waals surface area contributed by atoms with E-state index in [9.17, 15) is 4.39 Å². The minimum Gasteiger partial charge on any atom is -0.461 e. The number of rotatable bonds is 6. The summed E-state index contributed by atoms with van der Waals surface area (Å²) in [7, 11) is 0. The molecule has 4 aromatic rings. The first-order chi connectivity index (χ1) is 20.4. The number of ether oxygens (including phenoxy) is 1. The Kier molecular flexibility index (Phi) is 6.01. The molecule has 4 fully saturated rings. The number of piperazine rings is 1. The molecule has 42 heavy (non-hydrogen) atoms. The van der Waals surface area contributed by atoms with Crippen LogP contribution in [-0.2, 0) is 0 Å². The largest absolute Gasteiger partial charge is 0.461 e. The fourth-order valence-electron chi connectivity index (χ4n) is 7.91. The Morgan fingerprint density at radius 2 is 1.95 bits per heavy atom. The van der Waals surface area contributed by atoms with E-state index in [1.54, 1.807) is 6.20 Å². The van der Waals surface area contributed by atoms with E-state index in [1.165, 1.54) is 0 Å². The van der Waals surface area contributed by atoms with Gasteiger partial charge in [0.05, 0.1) is 17.3 Å². The van der Waals surface area contributed by atoms with Gasteiger partial charge in [-0.2, -0.15) is 15.1 Å². The maximum atomic E-state index is 16.8. The highest BCUT2D eigenvalue weighted by molar-refractivity contribution is 6.03. The molecule has 8 nitrogen and oxygen atoms in total. The number of hydrogen-bond acceptors (Lipinski definition) is 7. The van der Waals surface area contributed by atoms with Gasteiger partial charge < -0.3 is 15.0 Å². The predicted octanol–water partition coefficient (Wildman–Crippen LogP) is 5.24.